The Bertz CT molecular complexity index is 701. The van der Waals surface area contributed by atoms with Crippen LogP contribution in [-0.4, -0.2) is 31.1 Å². The monoisotopic (exact) mass is 343 g/mol. The first-order valence-electron chi connectivity index (χ1n) is 8.13. The minimum Gasteiger partial charge on any atom is -0.469 e. The van der Waals surface area contributed by atoms with E-state index < -0.39 is 0 Å². The lowest BCUT2D eigenvalue weighted by atomic mass is 9.74. The van der Waals surface area contributed by atoms with E-state index in [1.807, 2.05) is 42.5 Å². The maximum absolute atomic E-state index is 12.4. The van der Waals surface area contributed by atoms with Crippen molar-refractivity contribution in [3.05, 3.63) is 70.7 Å². The number of esters is 1. The van der Waals surface area contributed by atoms with Crippen LogP contribution in [0.4, 0.5) is 0 Å². The fraction of sp³-hybridized carbons (Fsp3) is 0.350. The lowest BCUT2D eigenvalue weighted by Crippen LogP contribution is -2.37. The molecule has 1 aliphatic rings. The van der Waals surface area contributed by atoms with Crippen LogP contribution in [0.3, 0.4) is 0 Å². The highest BCUT2D eigenvalue weighted by atomic mass is 35.5. The molecule has 2 unspecified atom stereocenters. The number of benzene rings is 2. The second kappa shape index (κ2) is 6.96. The van der Waals surface area contributed by atoms with E-state index in [4.69, 9.17) is 16.3 Å². The van der Waals surface area contributed by atoms with Crippen molar-refractivity contribution in [1.29, 1.82) is 0 Å². The van der Waals surface area contributed by atoms with Gasteiger partial charge in [-0.2, -0.15) is 0 Å². The molecule has 3 rings (SSSR count). The first kappa shape index (κ1) is 17.0. The molecule has 0 aromatic heterocycles. The Kier molecular flexibility index (Phi) is 4.93. The first-order valence-corrected chi connectivity index (χ1v) is 8.51. The van der Waals surface area contributed by atoms with Crippen LogP contribution in [0, 0.1) is 5.92 Å². The van der Waals surface area contributed by atoms with E-state index in [9.17, 15) is 4.79 Å². The smallest absolute Gasteiger partial charge is 0.310 e. The molecule has 2 atom stereocenters. The number of likely N-dealkylation sites (tertiary alicyclic amines) is 1. The largest absolute Gasteiger partial charge is 0.469 e. The minimum absolute atomic E-state index is 0.150. The number of carbonyl (C=O) groups is 1. The summed E-state index contributed by atoms with van der Waals surface area (Å²) >= 11 is 6.02. The lowest BCUT2D eigenvalue weighted by molar-refractivity contribution is -0.146. The normalized spacial score (nSPS) is 24.0. The van der Waals surface area contributed by atoms with E-state index in [2.05, 4.69) is 24.0 Å². The quantitative estimate of drug-likeness (QED) is 0.788. The zero-order valence-electron chi connectivity index (χ0n) is 14.0. The number of nitrogens with zero attached hydrogens (tertiary/aromatic N) is 1. The third-order valence-electron chi connectivity index (χ3n) is 5.00. The van der Waals surface area contributed by atoms with Crippen LogP contribution in [0.25, 0.3) is 0 Å². The summed E-state index contributed by atoms with van der Waals surface area (Å²) in [5.41, 5.74) is 2.09. The molecule has 0 N–H and O–H groups in total. The number of hydrogen-bond donors (Lipinski definition) is 0. The predicted molar refractivity (Wildman–Crippen MR) is 96.0 cm³/mol. The summed E-state index contributed by atoms with van der Waals surface area (Å²) < 4.78 is 5.08. The van der Waals surface area contributed by atoms with E-state index >= 15 is 0 Å². The average molecular weight is 344 g/mol. The van der Waals surface area contributed by atoms with Gasteiger partial charge in [0.1, 0.15) is 0 Å². The molecule has 126 valence electrons. The lowest BCUT2D eigenvalue weighted by Gasteiger charge is -2.29. The Morgan fingerprint density at radius 1 is 1.21 bits per heavy atom. The summed E-state index contributed by atoms with van der Waals surface area (Å²) in [5.74, 6) is -0.338. The molecule has 0 saturated carbocycles. The highest BCUT2D eigenvalue weighted by Crippen LogP contribution is 2.40. The number of ether oxygens (including phenoxy) is 1. The molecule has 3 nitrogen and oxygen atoms in total. The third-order valence-corrected chi connectivity index (χ3v) is 5.25. The van der Waals surface area contributed by atoms with Crippen molar-refractivity contribution >= 4 is 17.6 Å². The van der Waals surface area contributed by atoms with Crippen LogP contribution >= 0.6 is 11.6 Å². The van der Waals surface area contributed by atoms with Crippen molar-refractivity contribution in [2.75, 3.05) is 20.2 Å². The highest BCUT2D eigenvalue weighted by molar-refractivity contribution is 6.30. The van der Waals surface area contributed by atoms with Gasteiger partial charge in [0.25, 0.3) is 0 Å². The molecule has 24 heavy (non-hydrogen) atoms. The maximum atomic E-state index is 12.4. The predicted octanol–water partition coefficient (Wildman–Crippen LogP) is 3.90. The zero-order chi connectivity index (χ0) is 17.2. The molecule has 1 fully saturated rings. The molecule has 4 heteroatoms. The van der Waals surface area contributed by atoms with Gasteiger partial charge in [-0.15, -0.1) is 0 Å². The van der Waals surface area contributed by atoms with Crippen LogP contribution in [0.2, 0.25) is 5.02 Å². The van der Waals surface area contributed by atoms with Gasteiger partial charge in [0.2, 0.25) is 0 Å². The summed E-state index contributed by atoms with van der Waals surface area (Å²) in [7, 11) is 1.46. The van der Waals surface area contributed by atoms with Gasteiger partial charge < -0.3 is 4.74 Å². The van der Waals surface area contributed by atoms with Gasteiger partial charge in [-0.05, 0) is 23.3 Å². The van der Waals surface area contributed by atoms with E-state index in [1.54, 1.807) is 0 Å². The van der Waals surface area contributed by atoms with Gasteiger partial charge in [0.05, 0.1) is 13.0 Å². The summed E-state index contributed by atoms with van der Waals surface area (Å²) in [5, 5.41) is 0.705. The SMILES string of the molecule is COC(=O)C1CN(Cc2ccccc2)CC1(C)c1ccc(Cl)cc1. The minimum atomic E-state index is -0.285. The van der Waals surface area contributed by atoms with Crippen LogP contribution in [0.15, 0.2) is 54.6 Å². The molecule has 0 spiro atoms. The third kappa shape index (κ3) is 3.33. The van der Waals surface area contributed by atoms with Crippen molar-refractivity contribution in [1.82, 2.24) is 4.90 Å². The molecule has 2 aromatic carbocycles. The number of halogens is 1. The summed E-state index contributed by atoms with van der Waals surface area (Å²) in [4.78, 5) is 14.7. The molecule has 0 amide bonds. The Labute approximate surface area is 148 Å². The van der Waals surface area contributed by atoms with E-state index in [1.165, 1.54) is 12.7 Å². The van der Waals surface area contributed by atoms with Gasteiger partial charge in [0, 0.05) is 30.1 Å². The average Bonchev–Trinajstić information content (AvgIpc) is 2.93. The van der Waals surface area contributed by atoms with Crippen LogP contribution in [0.1, 0.15) is 18.1 Å². The summed E-state index contributed by atoms with van der Waals surface area (Å²) in [6, 6.07) is 18.1. The summed E-state index contributed by atoms with van der Waals surface area (Å²) in [6.45, 7) is 4.48. The van der Waals surface area contributed by atoms with E-state index in [-0.39, 0.29) is 17.3 Å². The molecule has 0 aliphatic carbocycles. The van der Waals surface area contributed by atoms with Crippen molar-refractivity contribution in [3.63, 3.8) is 0 Å². The van der Waals surface area contributed by atoms with Crippen LogP contribution in [-0.2, 0) is 21.5 Å². The standard InChI is InChI=1S/C20H22ClNO2/c1-20(16-8-10-17(21)11-9-16)14-22(13-18(20)19(23)24-2)12-15-6-4-3-5-7-15/h3-11,18H,12-14H2,1-2H3. The van der Waals surface area contributed by atoms with Gasteiger partial charge in [-0.1, -0.05) is 61.0 Å². The van der Waals surface area contributed by atoms with Crippen molar-refractivity contribution in [2.24, 2.45) is 5.92 Å². The zero-order valence-corrected chi connectivity index (χ0v) is 14.8. The van der Waals surface area contributed by atoms with Crippen LogP contribution in [0.5, 0.6) is 0 Å². The fourth-order valence-corrected chi connectivity index (χ4v) is 3.79. The Morgan fingerprint density at radius 2 is 1.88 bits per heavy atom. The van der Waals surface area contributed by atoms with Crippen molar-refractivity contribution in [3.8, 4) is 0 Å². The summed E-state index contributed by atoms with van der Waals surface area (Å²) in [6.07, 6.45) is 0. The molecule has 1 aliphatic heterocycles. The number of carbonyl (C=O) groups excluding carboxylic acids is 1. The van der Waals surface area contributed by atoms with Crippen molar-refractivity contribution in [2.45, 2.75) is 18.9 Å². The molecule has 1 saturated heterocycles. The number of rotatable bonds is 4. The number of methoxy groups -OCH3 is 1. The molecule has 0 radical (unpaired) electrons. The Hall–Kier alpha value is -1.84. The Balaban J connectivity index is 1.88. The van der Waals surface area contributed by atoms with Crippen LogP contribution < -0.4 is 0 Å². The van der Waals surface area contributed by atoms with Gasteiger partial charge in [-0.25, -0.2) is 0 Å². The molecule has 1 heterocycles. The maximum Gasteiger partial charge on any atom is 0.310 e. The van der Waals surface area contributed by atoms with Gasteiger partial charge in [-0.3, -0.25) is 9.69 Å². The van der Waals surface area contributed by atoms with Gasteiger partial charge >= 0.3 is 5.97 Å². The van der Waals surface area contributed by atoms with E-state index in [0.29, 0.717) is 11.6 Å². The second-order valence-corrected chi connectivity index (χ2v) is 7.09. The Morgan fingerprint density at radius 3 is 2.50 bits per heavy atom. The molecule has 2 aromatic rings. The number of hydrogen-bond acceptors (Lipinski definition) is 3. The highest BCUT2D eigenvalue weighted by Gasteiger charge is 2.48. The fourth-order valence-electron chi connectivity index (χ4n) is 3.66. The molecule has 0 bridgehead atoms. The first-order chi connectivity index (χ1) is 11.5. The van der Waals surface area contributed by atoms with E-state index in [0.717, 1.165) is 18.7 Å². The van der Waals surface area contributed by atoms with Gasteiger partial charge in [0.15, 0.2) is 0 Å². The molecular weight excluding hydrogens is 322 g/mol. The second-order valence-electron chi connectivity index (χ2n) is 6.66. The van der Waals surface area contributed by atoms with Crippen molar-refractivity contribution < 1.29 is 9.53 Å². The topological polar surface area (TPSA) is 29.5 Å². The molecular formula is C20H22ClNO2.